The molecular formula is C73H52O2. The van der Waals surface area contributed by atoms with E-state index in [1.807, 2.05) is 12.1 Å². The van der Waals surface area contributed by atoms with Gasteiger partial charge in [0, 0.05) is 49.4 Å². The monoisotopic (exact) mass is 960 g/mol. The first-order valence-electron chi connectivity index (χ1n) is 26.3. The second-order valence-electron chi connectivity index (χ2n) is 21.9. The van der Waals surface area contributed by atoms with Gasteiger partial charge in [-0.1, -0.05) is 240 Å². The highest BCUT2D eigenvalue weighted by atomic mass is 16.3. The summed E-state index contributed by atoms with van der Waals surface area (Å²) in [5.41, 5.74) is 27.1. The molecule has 2 aromatic heterocycles. The molecule has 75 heavy (non-hydrogen) atoms. The molecule has 13 aromatic rings. The molecule has 0 spiro atoms. The molecule has 15 rings (SSSR count). The first-order valence-corrected chi connectivity index (χ1v) is 26.3. The van der Waals surface area contributed by atoms with Crippen LogP contribution in [0.15, 0.2) is 245 Å². The molecule has 0 amide bonds. The van der Waals surface area contributed by atoms with Crippen LogP contribution >= 0.6 is 0 Å². The molecule has 0 fully saturated rings. The highest BCUT2D eigenvalue weighted by molar-refractivity contribution is 6.11. The number of para-hydroxylation sites is 4. The molecular weight excluding hydrogens is 909 g/mol. The van der Waals surface area contributed by atoms with E-state index >= 15 is 0 Å². The molecule has 0 bridgehead atoms. The van der Waals surface area contributed by atoms with Gasteiger partial charge in [-0.15, -0.1) is 0 Å². The van der Waals surface area contributed by atoms with Gasteiger partial charge in [-0.3, -0.25) is 0 Å². The molecule has 0 unspecified atom stereocenters. The quantitative estimate of drug-likeness (QED) is 0.149. The summed E-state index contributed by atoms with van der Waals surface area (Å²) >= 11 is 0. The SMILES string of the molecule is CC1(C)c2cc(-c3cccc4c3oc3ccccc34)ccc2-c2ccc(C(c3ccc(-c4ccc(-c5ccccc5)cc4)cc3)c3ccc4c(c3)C(C)(C)c3cc(-c5cccc6c5oc5ccccc56)ccc3-4)cc21. The molecule has 0 saturated carbocycles. The van der Waals surface area contributed by atoms with E-state index < -0.39 is 0 Å². The van der Waals surface area contributed by atoms with Crippen LogP contribution in [0.25, 0.3) is 111 Å². The normalized spacial score (nSPS) is 13.9. The number of furan rings is 2. The third kappa shape index (κ3) is 6.65. The van der Waals surface area contributed by atoms with Gasteiger partial charge >= 0.3 is 0 Å². The van der Waals surface area contributed by atoms with Crippen molar-refractivity contribution >= 4 is 43.9 Å². The minimum Gasteiger partial charge on any atom is -0.455 e. The van der Waals surface area contributed by atoms with E-state index in [4.69, 9.17) is 8.83 Å². The summed E-state index contributed by atoms with van der Waals surface area (Å²) < 4.78 is 13.1. The third-order valence-corrected chi connectivity index (χ3v) is 17.1. The van der Waals surface area contributed by atoms with Gasteiger partial charge in [-0.2, -0.15) is 0 Å². The van der Waals surface area contributed by atoms with E-state index in [9.17, 15) is 0 Å². The lowest BCUT2D eigenvalue weighted by Gasteiger charge is -2.26. The van der Waals surface area contributed by atoms with E-state index in [1.165, 1.54) is 94.6 Å². The van der Waals surface area contributed by atoms with Gasteiger partial charge < -0.3 is 8.83 Å². The van der Waals surface area contributed by atoms with Gasteiger partial charge in [0.1, 0.15) is 22.3 Å². The summed E-state index contributed by atoms with van der Waals surface area (Å²) in [5.74, 6) is -0.0170. The van der Waals surface area contributed by atoms with Gasteiger partial charge in [-0.05, 0) is 119 Å². The van der Waals surface area contributed by atoms with Crippen molar-refractivity contribution in [2.24, 2.45) is 0 Å². The predicted molar refractivity (Wildman–Crippen MR) is 312 cm³/mol. The maximum absolute atomic E-state index is 6.55. The van der Waals surface area contributed by atoms with Crippen LogP contribution < -0.4 is 0 Å². The van der Waals surface area contributed by atoms with Gasteiger partial charge in [0.15, 0.2) is 0 Å². The van der Waals surface area contributed by atoms with Crippen molar-refractivity contribution in [2.45, 2.75) is 44.4 Å². The van der Waals surface area contributed by atoms with Crippen molar-refractivity contribution in [2.75, 3.05) is 0 Å². The van der Waals surface area contributed by atoms with Crippen molar-refractivity contribution < 1.29 is 8.83 Å². The van der Waals surface area contributed by atoms with E-state index in [0.29, 0.717) is 0 Å². The van der Waals surface area contributed by atoms with Crippen molar-refractivity contribution in [1.29, 1.82) is 0 Å². The summed E-state index contributed by atoms with van der Waals surface area (Å²) in [6.07, 6.45) is 0. The van der Waals surface area contributed by atoms with Gasteiger partial charge in [0.05, 0.1) is 0 Å². The van der Waals surface area contributed by atoms with Crippen LogP contribution in [0.2, 0.25) is 0 Å². The van der Waals surface area contributed by atoms with E-state index in [0.717, 1.165) is 55.0 Å². The third-order valence-electron chi connectivity index (χ3n) is 17.1. The maximum atomic E-state index is 6.55. The Morgan fingerprint density at radius 3 is 1.08 bits per heavy atom. The highest BCUT2D eigenvalue weighted by Crippen LogP contribution is 2.54. The molecule has 2 heteroatoms. The molecule has 0 atom stereocenters. The molecule has 0 saturated heterocycles. The average molecular weight is 961 g/mol. The lowest BCUT2D eigenvalue weighted by molar-refractivity contribution is 0.657. The Kier molecular flexibility index (Phi) is 9.45. The summed E-state index contributed by atoms with van der Waals surface area (Å²) in [5, 5.41) is 4.60. The van der Waals surface area contributed by atoms with Crippen molar-refractivity contribution in [3.63, 3.8) is 0 Å². The molecule has 0 radical (unpaired) electrons. The molecule has 2 heterocycles. The molecule has 0 aliphatic heterocycles. The van der Waals surface area contributed by atoms with Gasteiger partial charge in [0.25, 0.3) is 0 Å². The van der Waals surface area contributed by atoms with E-state index in [-0.39, 0.29) is 16.7 Å². The number of hydrogen-bond acceptors (Lipinski definition) is 2. The van der Waals surface area contributed by atoms with Crippen LogP contribution in [0.1, 0.15) is 72.6 Å². The largest absolute Gasteiger partial charge is 0.455 e. The Bertz CT molecular complexity index is 4220. The number of rotatable bonds is 7. The molecule has 2 nitrogen and oxygen atoms in total. The Balaban J connectivity index is 0.827. The number of fused-ring (bicyclic) bond motifs is 12. The minimum atomic E-state index is -0.245. The van der Waals surface area contributed by atoms with E-state index in [1.54, 1.807) is 0 Å². The Labute approximate surface area is 437 Å². The fourth-order valence-corrected chi connectivity index (χ4v) is 13.1. The van der Waals surface area contributed by atoms with Crippen molar-refractivity contribution in [3.8, 4) is 66.8 Å². The van der Waals surface area contributed by atoms with Crippen LogP contribution in [0.3, 0.4) is 0 Å². The van der Waals surface area contributed by atoms with Gasteiger partial charge in [-0.25, -0.2) is 0 Å². The second-order valence-corrected chi connectivity index (χ2v) is 21.9. The molecule has 11 aromatic carbocycles. The second kappa shape index (κ2) is 16.3. The first-order chi connectivity index (χ1) is 36.7. The zero-order valence-electron chi connectivity index (χ0n) is 42.4. The Morgan fingerprint density at radius 1 is 0.267 bits per heavy atom. The predicted octanol–water partition coefficient (Wildman–Crippen LogP) is 19.9. The molecule has 2 aliphatic rings. The molecule has 356 valence electrons. The number of benzene rings is 11. The smallest absolute Gasteiger partial charge is 0.143 e. The van der Waals surface area contributed by atoms with Crippen LogP contribution in [-0.2, 0) is 10.8 Å². The lowest BCUT2D eigenvalue weighted by Crippen LogP contribution is -2.17. The molecule has 0 N–H and O–H groups in total. The van der Waals surface area contributed by atoms with Gasteiger partial charge in [0.2, 0.25) is 0 Å². The van der Waals surface area contributed by atoms with E-state index in [2.05, 4.69) is 252 Å². The van der Waals surface area contributed by atoms with Crippen LogP contribution in [0, 0.1) is 0 Å². The zero-order valence-corrected chi connectivity index (χ0v) is 42.4. The summed E-state index contributed by atoms with van der Waals surface area (Å²) in [6, 6.07) is 87.4. The highest BCUT2D eigenvalue weighted by Gasteiger charge is 2.39. The first kappa shape index (κ1) is 43.6. The maximum Gasteiger partial charge on any atom is 0.143 e. The van der Waals surface area contributed by atoms with Crippen molar-refractivity contribution in [1.82, 2.24) is 0 Å². The van der Waals surface area contributed by atoms with Crippen molar-refractivity contribution in [3.05, 3.63) is 276 Å². The van der Waals surface area contributed by atoms with Crippen LogP contribution in [-0.4, -0.2) is 0 Å². The van der Waals surface area contributed by atoms with Crippen LogP contribution in [0.5, 0.6) is 0 Å². The Morgan fingerprint density at radius 2 is 0.613 bits per heavy atom. The molecule has 2 aliphatic carbocycles. The topological polar surface area (TPSA) is 26.3 Å². The Hall–Kier alpha value is -8.98. The minimum absolute atomic E-state index is 0.0170. The average Bonchev–Trinajstić information content (AvgIpc) is 4.16. The summed E-state index contributed by atoms with van der Waals surface area (Å²) in [4.78, 5) is 0. The lowest BCUT2D eigenvalue weighted by atomic mass is 9.77. The fraction of sp³-hybridized carbons (Fsp3) is 0.0959. The number of hydrogen-bond donors (Lipinski definition) is 0. The standard InChI is InChI=1S/C73H52O2/c1-72(2)63-40-49(53-18-12-20-61-59-16-8-10-22-67(59)74-70(53)61)32-36-55(63)57-38-34-51(42-65(57)72)69(48-30-28-47(29-31-48)46-26-24-45(25-27-46)44-14-6-5-7-15-44)52-35-39-58-56-37-33-50(41-64(56)73(3,4)66(58)43-52)54-19-13-21-62-60-17-9-11-23-68(60)75-71(54)62/h5-43,69H,1-4H3. The fourth-order valence-electron chi connectivity index (χ4n) is 13.1. The zero-order chi connectivity index (χ0) is 50.2. The summed E-state index contributed by atoms with van der Waals surface area (Å²) in [7, 11) is 0. The van der Waals surface area contributed by atoms with Crippen LogP contribution in [0.4, 0.5) is 0 Å². The summed E-state index contributed by atoms with van der Waals surface area (Å²) in [6.45, 7) is 9.60.